The number of amides is 1. The van der Waals surface area contributed by atoms with Crippen LogP contribution >= 0.6 is 0 Å². The number of methoxy groups -OCH3 is 1. The number of pyridine rings is 1. The third-order valence-electron chi connectivity index (χ3n) is 3.85. The summed E-state index contributed by atoms with van der Waals surface area (Å²) in [5.41, 5.74) is 6.73. The lowest BCUT2D eigenvalue weighted by Crippen LogP contribution is -2.19. The zero-order valence-corrected chi connectivity index (χ0v) is 14.4. The Kier molecular flexibility index (Phi) is 6.49. The molecule has 1 aromatic heterocycles. The van der Waals surface area contributed by atoms with E-state index in [9.17, 15) is 4.79 Å². The van der Waals surface area contributed by atoms with Gasteiger partial charge >= 0.3 is 0 Å². The van der Waals surface area contributed by atoms with Crippen LogP contribution < -0.4 is 10.2 Å². The van der Waals surface area contributed by atoms with Gasteiger partial charge in [-0.25, -0.2) is 5.43 Å². The van der Waals surface area contributed by atoms with Crippen LogP contribution in [0.1, 0.15) is 36.5 Å². The number of aromatic nitrogens is 1. The molecule has 0 aliphatic heterocycles. The van der Waals surface area contributed by atoms with Gasteiger partial charge in [-0.05, 0) is 62.1 Å². The fraction of sp³-hybridized carbons (Fsp3) is 0.316. The highest BCUT2D eigenvalue weighted by atomic mass is 16.5. The van der Waals surface area contributed by atoms with E-state index >= 15 is 0 Å². The van der Waals surface area contributed by atoms with Crippen molar-refractivity contribution in [1.82, 2.24) is 10.4 Å². The quantitative estimate of drug-likeness (QED) is 0.628. The van der Waals surface area contributed by atoms with Crippen molar-refractivity contribution in [3.63, 3.8) is 0 Å². The van der Waals surface area contributed by atoms with Gasteiger partial charge in [0.2, 0.25) is 5.91 Å². The highest BCUT2D eigenvalue weighted by Crippen LogP contribution is 2.18. The van der Waals surface area contributed by atoms with Gasteiger partial charge in [0.05, 0.1) is 12.8 Å². The molecular weight excluding hydrogens is 302 g/mol. The molecule has 1 amide bonds. The molecule has 2 rings (SSSR count). The third kappa shape index (κ3) is 5.19. The summed E-state index contributed by atoms with van der Waals surface area (Å²) < 4.78 is 5.20. The molecule has 0 aliphatic carbocycles. The Morgan fingerprint density at radius 3 is 2.67 bits per heavy atom. The molecule has 0 spiro atoms. The van der Waals surface area contributed by atoms with Crippen molar-refractivity contribution >= 4 is 11.6 Å². The molecule has 1 aromatic carbocycles. The van der Waals surface area contributed by atoms with Crippen molar-refractivity contribution in [3.05, 3.63) is 59.4 Å². The summed E-state index contributed by atoms with van der Waals surface area (Å²) >= 11 is 0. The molecular formula is C19H23N3O2. The van der Waals surface area contributed by atoms with E-state index < -0.39 is 0 Å². The molecule has 2 aromatic rings. The van der Waals surface area contributed by atoms with Gasteiger partial charge in [0.15, 0.2) is 0 Å². The molecule has 0 radical (unpaired) electrons. The Bertz CT molecular complexity index is 712. The van der Waals surface area contributed by atoms with Gasteiger partial charge in [-0.3, -0.25) is 9.78 Å². The summed E-state index contributed by atoms with van der Waals surface area (Å²) in [6.07, 6.45) is 5.48. The number of ether oxygens (including phenoxy) is 1. The molecule has 0 saturated carbocycles. The van der Waals surface area contributed by atoms with E-state index in [0.29, 0.717) is 6.42 Å². The van der Waals surface area contributed by atoms with E-state index in [2.05, 4.69) is 28.5 Å². The molecule has 1 heterocycles. The molecule has 1 N–H and O–H groups in total. The summed E-state index contributed by atoms with van der Waals surface area (Å²) in [5, 5.41) is 4.13. The average Bonchev–Trinajstić information content (AvgIpc) is 2.61. The van der Waals surface area contributed by atoms with Gasteiger partial charge < -0.3 is 4.74 Å². The lowest BCUT2D eigenvalue weighted by Gasteiger charge is -2.08. The number of aryl methyl sites for hydroxylation is 2. The van der Waals surface area contributed by atoms with Crippen LogP contribution in [-0.4, -0.2) is 23.7 Å². The van der Waals surface area contributed by atoms with Gasteiger partial charge in [0, 0.05) is 24.4 Å². The number of carbonyl (C=O) groups excluding carboxylic acids is 1. The van der Waals surface area contributed by atoms with Gasteiger partial charge in [0.25, 0.3) is 0 Å². The molecule has 5 nitrogen and oxygen atoms in total. The lowest BCUT2D eigenvalue weighted by atomic mass is 10.0. The predicted molar refractivity (Wildman–Crippen MR) is 95.3 cm³/mol. The highest BCUT2D eigenvalue weighted by Gasteiger charge is 2.04. The first-order valence-corrected chi connectivity index (χ1v) is 7.97. The largest absolute Gasteiger partial charge is 0.497 e. The van der Waals surface area contributed by atoms with Crippen molar-refractivity contribution in [3.8, 4) is 5.75 Å². The first kappa shape index (κ1) is 17.7. The normalized spacial score (nSPS) is 11.2. The standard InChI is InChI=1S/C19H23N3O2/c1-14-13-18(24-3)8-7-16(14)5-4-6-19(23)22-21-15(2)17-9-11-20-12-10-17/h7-13H,4-6H2,1-3H3,(H,22,23)/b21-15+. The monoisotopic (exact) mass is 325 g/mol. The first-order chi connectivity index (χ1) is 11.6. The van der Waals surface area contributed by atoms with E-state index in [1.165, 1.54) is 11.1 Å². The summed E-state index contributed by atoms with van der Waals surface area (Å²) in [7, 11) is 1.66. The minimum absolute atomic E-state index is 0.0745. The fourth-order valence-corrected chi connectivity index (χ4v) is 2.38. The van der Waals surface area contributed by atoms with Gasteiger partial charge in [-0.2, -0.15) is 5.10 Å². The highest BCUT2D eigenvalue weighted by molar-refractivity contribution is 5.99. The van der Waals surface area contributed by atoms with Crippen LogP contribution in [0.15, 0.2) is 47.8 Å². The molecule has 0 saturated heterocycles. The van der Waals surface area contributed by atoms with Gasteiger partial charge in [-0.1, -0.05) is 6.07 Å². The molecule has 0 fully saturated rings. The summed E-state index contributed by atoms with van der Waals surface area (Å²) in [4.78, 5) is 15.9. The lowest BCUT2D eigenvalue weighted by molar-refractivity contribution is -0.121. The number of hydrogen-bond donors (Lipinski definition) is 1. The summed E-state index contributed by atoms with van der Waals surface area (Å²) in [5.74, 6) is 0.782. The maximum Gasteiger partial charge on any atom is 0.240 e. The first-order valence-electron chi connectivity index (χ1n) is 7.97. The van der Waals surface area contributed by atoms with E-state index in [-0.39, 0.29) is 5.91 Å². The van der Waals surface area contributed by atoms with Crippen molar-refractivity contribution < 1.29 is 9.53 Å². The van der Waals surface area contributed by atoms with Crippen LogP contribution in [0, 0.1) is 6.92 Å². The minimum Gasteiger partial charge on any atom is -0.497 e. The Labute approximate surface area is 142 Å². The number of hydrazone groups is 1. The second-order valence-corrected chi connectivity index (χ2v) is 5.61. The molecule has 0 aliphatic rings. The molecule has 24 heavy (non-hydrogen) atoms. The summed E-state index contributed by atoms with van der Waals surface area (Å²) in [6, 6.07) is 9.73. The van der Waals surface area contributed by atoms with E-state index in [0.717, 1.165) is 29.9 Å². The zero-order chi connectivity index (χ0) is 17.4. The van der Waals surface area contributed by atoms with Crippen LogP contribution in [0.2, 0.25) is 0 Å². The number of rotatable bonds is 7. The van der Waals surface area contributed by atoms with Crippen LogP contribution in [0.25, 0.3) is 0 Å². The second kappa shape index (κ2) is 8.82. The van der Waals surface area contributed by atoms with E-state index in [1.807, 2.05) is 31.2 Å². The van der Waals surface area contributed by atoms with Gasteiger partial charge in [-0.15, -0.1) is 0 Å². The molecule has 0 unspecified atom stereocenters. The second-order valence-electron chi connectivity index (χ2n) is 5.61. The fourth-order valence-electron chi connectivity index (χ4n) is 2.38. The van der Waals surface area contributed by atoms with E-state index in [4.69, 9.17) is 4.74 Å². The SMILES string of the molecule is COc1ccc(CCCC(=O)N/N=C(\C)c2ccncc2)c(C)c1. The van der Waals surface area contributed by atoms with Crippen LogP contribution in [0.3, 0.4) is 0 Å². The Balaban J connectivity index is 1.79. The van der Waals surface area contributed by atoms with Crippen LogP contribution in [-0.2, 0) is 11.2 Å². The summed E-state index contributed by atoms with van der Waals surface area (Å²) in [6.45, 7) is 3.91. The predicted octanol–water partition coefficient (Wildman–Crippen LogP) is 3.26. The van der Waals surface area contributed by atoms with Crippen LogP contribution in [0.4, 0.5) is 0 Å². The molecule has 0 bridgehead atoms. The van der Waals surface area contributed by atoms with Crippen molar-refractivity contribution in [2.75, 3.05) is 7.11 Å². The average molecular weight is 325 g/mol. The van der Waals surface area contributed by atoms with Crippen molar-refractivity contribution in [2.45, 2.75) is 33.1 Å². The molecule has 126 valence electrons. The maximum absolute atomic E-state index is 11.9. The smallest absolute Gasteiger partial charge is 0.240 e. The number of nitrogens with zero attached hydrogens (tertiary/aromatic N) is 2. The zero-order valence-electron chi connectivity index (χ0n) is 14.4. The van der Waals surface area contributed by atoms with Crippen molar-refractivity contribution in [2.24, 2.45) is 5.10 Å². The van der Waals surface area contributed by atoms with Crippen LogP contribution in [0.5, 0.6) is 5.75 Å². The number of carbonyl (C=O) groups is 1. The number of nitrogens with one attached hydrogen (secondary N) is 1. The Morgan fingerprint density at radius 1 is 1.25 bits per heavy atom. The number of hydrogen-bond acceptors (Lipinski definition) is 4. The third-order valence-corrected chi connectivity index (χ3v) is 3.85. The van der Waals surface area contributed by atoms with Gasteiger partial charge in [0.1, 0.15) is 5.75 Å². The maximum atomic E-state index is 11.9. The number of benzene rings is 1. The molecule has 0 atom stereocenters. The topological polar surface area (TPSA) is 63.6 Å². The Hall–Kier alpha value is -2.69. The van der Waals surface area contributed by atoms with Crippen molar-refractivity contribution in [1.29, 1.82) is 0 Å². The molecule has 5 heteroatoms. The van der Waals surface area contributed by atoms with E-state index in [1.54, 1.807) is 19.5 Å². The minimum atomic E-state index is -0.0745. The Morgan fingerprint density at radius 2 is 2.00 bits per heavy atom.